The highest BCUT2D eigenvalue weighted by molar-refractivity contribution is 5.92. The molecule has 0 bridgehead atoms. The van der Waals surface area contributed by atoms with E-state index in [-0.39, 0.29) is 6.04 Å². The highest BCUT2D eigenvalue weighted by Gasteiger charge is 2.05. The zero-order chi connectivity index (χ0) is 12.7. The molecule has 0 saturated carbocycles. The number of carbonyl (C=O) groups is 1. The molecule has 1 rings (SSSR count). The van der Waals surface area contributed by atoms with Gasteiger partial charge < -0.3 is 11.1 Å². The average Bonchev–Trinajstić information content (AvgIpc) is 2.35. The Hall–Kier alpha value is -1.86. The molecule has 1 amide bonds. The summed E-state index contributed by atoms with van der Waals surface area (Å²) in [5, 5.41) is 11.9. The number of nitriles is 1. The molecule has 0 saturated heterocycles. The predicted molar refractivity (Wildman–Crippen MR) is 66.1 cm³/mol. The lowest BCUT2D eigenvalue weighted by atomic mass is 10.1. The monoisotopic (exact) mass is 231 g/mol. The molecule has 17 heavy (non-hydrogen) atoms. The third-order valence-corrected chi connectivity index (χ3v) is 2.66. The summed E-state index contributed by atoms with van der Waals surface area (Å²) >= 11 is 0. The number of hydrogen-bond donors (Lipinski definition) is 2. The van der Waals surface area contributed by atoms with Crippen LogP contribution in [0.3, 0.4) is 0 Å². The third kappa shape index (κ3) is 4.25. The van der Waals surface area contributed by atoms with Crippen LogP contribution in [0.5, 0.6) is 0 Å². The van der Waals surface area contributed by atoms with Crippen molar-refractivity contribution in [2.24, 2.45) is 5.73 Å². The van der Waals surface area contributed by atoms with Crippen LogP contribution in [0.25, 0.3) is 0 Å². The smallest absolute Gasteiger partial charge is 0.248 e. The fourth-order valence-corrected chi connectivity index (χ4v) is 1.52. The van der Waals surface area contributed by atoms with Gasteiger partial charge in [0.1, 0.15) is 0 Å². The Labute approximate surface area is 101 Å². The number of rotatable bonds is 6. The third-order valence-electron chi connectivity index (χ3n) is 2.66. The van der Waals surface area contributed by atoms with Gasteiger partial charge in [0, 0.05) is 18.2 Å². The highest BCUT2D eigenvalue weighted by atomic mass is 16.1. The highest BCUT2D eigenvalue weighted by Crippen LogP contribution is 2.05. The van der Waals surface area contributed by atoms with Gasteiger partial charge in [-0.2, -0.15) is 5.26 Å². The van der Waals surface area contributed by atoms with E-state index in [1.165, 1.54) is 0 Å². The Morgan fingerprint density at radius 1 is 1.47 bits per heavy atom. The van der Waals surface area contributed by atoms with Gasteiger partial charge in [0.2, 0.25) is 5.91 Å². The largest absolute Gasteiger partial charge is 0.366 e. The van der Waals surface area contributed by atoms with Gasteiger partial charge in [-0.1, -0.05) is 19.1 Å². The van der Waals surface area contributed by atoms with Crippen molar-refractivity contribution in [2.75, 3.05) is 0 Å². The van der Waals surface area contributed by atoms with Crippen molar-refractivity contribution in [3.05, 3.63) is 35.4 Å². The standard InChI is InChI=1S/C13H17N3O/c1-2-12(7-8-14)16-9-10-3-5-11(6-4-10)13(15)17/h3-6,12,16H,2,7,9H2,1H3,(H2,15,17). The first-order valence-corrected chi connectivity index (χ1v) is 5.66. The van der Waals surface area contributed by atoms with Gasteiger partial charge >= 0.3 is 0 Å². The molecule has 3 N–H and O–H groups in total. The van der Waals surface area contributed by atoms with Gasteiger partial charge in [0.15, 0.2) is 0 Å². The second-order valence-corrected chi connectivity index (χ2v) is 3.91. The van der Waals surface area contributed by atoms with Crippen molar-refractivity contribution in [1.29, 1.82) is 5.26 Å². The molecule has 1 aromatic carbocycles. The lowest BCUT2D eigenvalue weighted by Gasteiger charge is -2.13. The number of hydrogen-bond acceptors (Lipinski definition) is 3. The number of amides is 1. The van der Waals surface area contributed by atoms with Gasteiger partial charge in [0.25, 0.3) is 0 Å². The van der Waals surface area contributed by atoms with E-state index in [1.54, 1.807) is 12.1 Å². The summed E-state index contributed by atoms with van der Waals surface area (Å²) in [4.78, 5) is 10.9. The predicted octanol–water partition coefficient (Wildman–Crippen LogP) is 1.57. The number of benzene rings is 1. The Morgan fingerprint density at radius 2 is 2.12 bits per heavy atom. The van der Waals surface area contributed by atoms with E-state index in [0.29, 0.717) is 18.5 Å². The van der Waals surface area contributed by atoms with Crippen molar-refractivity contribution in [3.63, 3.8) is 0 Å². The number of nitrogens with two attached hydrogens (primary N) is 1. The zero-order valence-electron chi connectivity index (χ0n) is 9.94. The molecule has 0 aromatic heterocycles. The van der Waals surface area contributed by atoms with Crippen LogP contribution >= 0.6 is 0 Å². The van der Waals surface area contributed by atoms with E-state index >= 15 is 0 Å². The second kappa shape index (κ2) is 6.66. The summed E-state index contributed by atoms with van der Waals surface area (Å²) in [5.74, 6) is -0.416. The fraction of sp³-hybridized carbons (Fsp3) is 0.385. The van der Waals surface area contributed by atoms with Gasteiger partial charge in [-0.05, 0) is 24.1 Å². The molecule has 1 unspecified atom stereocenters. The van der Waals surface area contributed by atoms with Crippen molar-refractivity contribution in [2.45, 2.75) is 32.4 Å². The molecular weight excluding hydrogens is 214 g/mol. The maximum atomic E-state index is 10.9. The molecule has 0 spiro atoms. The summed E-state index contributed by atoms with van der Waals surface area (Å²) < 4.78 is 0. The number of primary amides is 1. The number of nitrogens with zero attached hydrogens (tertiary/aromatic N) is 1. The van der Waals surface area contributed by atoms with Gasteiger partial charge in [-0.3, -0.25) is 4.79 Å². The molecule has 0 radical (unpaired) electrons. The van der Waals surface area contributed by atoms with Crippen LogP contribution < -0.4 is 11.1 Å². The van der Waals surface area contributed by atoms with E-state index in [2.05, 4.69) is 11.4 Å². The topological polar surface area (TPSA) is 78.9 Å². The molecule has 0 aliphatic rings. The van der Waals surface area contributed by atoms with E-state index in [4.69, 9.17) is 11.0 Å². The molecule has 0 aliphatic heterocycles. The molecule has 0 fully saturated rings. The minimum Gasteiger partial charge on any atom is -0.366 e. The van der Waals surface area contributed by atoms with Gasteiger partial charge in [-0.25, -0.2) is 0 Å². The lowest BCUT2D eigenvalue weighted by molar-refractivity contribution is 0.100. The summed E-state index contributed by atoms with van der Waals surface area (Å²) in [6, 6.07) is 9.53. The SMILES string of the molecule is CCC(CC#N)NCc1ccc(C(N)=O)cc1. The van der Waals surface area contributed by atoms with E-state index in [9.17, 15) is 4.79 Å². The van der Waals surface area contributed by atoms with Crippen molar-refractivity contribution < 1.29 is 4.79 Å². The number of carbonyl (C=O) groups excluding carboxylic acids is 1. The summed E-state index contributed by atoms with van der Waals surface area (Å²) in [6.45, 7) is 2.74. The van der Waals surface area contributed by atoms with Crippen LogP contribution in [-0.4, -0.2) is 11.9 Å². The zero-order valence-corrected chi connectivity index (χ0v) is 9.94. The number of nitrogens with one attached hydrogen (secondary N) is 1. The van der Waals surface area contributed by atoms with E-state index in [0.717, 1.165) is 12.0 Å². The Kier molecular flexibility index (Phi) is 5.18. The fourth-order valence-electron chi connectivity index (χ4n) is 1.52. The normalized spacial score (nSPS) is 11.8. The maximum absolute atomic E-state index is 10.9. The van der Waals surface area contributed by atoms with Crippen molar-refractivity contribution in [3.8, 4) is 6.07 Å². The first kappa shape index (κ1) is 13.2. The molecule has 0 heterocycles. The van der Waals surface area contributed by atoms with E-state index in [1.807, 2.05) is 19.1 Å². The molecule has 1 atom stereocenters. The van der Waals surface area contributed by atoms with E-state index < -0.39 is 5.91 Å². The molecular formula is C13H17N3O. The second-order valence-electron chi connectivity index (χ2n) is 3.91. The molecule has 90 valence electrons. The first-order valence-electron chi connectivity index (χ1n) is 5.66. The summed E-state index contributed by atoms with van der Waals surface area (Å²) in [5.41, 5.74) is 6.74. The van der Waals surface area contributed by atoms with Crippen molar-refractivity contribution in [1.82, 2.24) is 5.32 Å². The minimum absolute atomic E-state index is 0.218. The quantitative estimate of drug-likeness (QED) is 0.780. The summed E-state index contributed by atoms with van der Waals surface area (Å²) in [6.07, 6.45) is 1.43. The molecule has 0 aliphatic carbocycles. The van der Waals surface area contributed by atoms with Crippen LogP contribution in [0, 0.1) is 11.3 Å². The Balaban J connectivity index is 2.52. The Morgan fingerprint density at radius 3 is 2.59 bits per heavy atom. The van der Waals surface area contributed by atoms with Crippen LogP contribution in [0.4, 0.5) is 0 Å². The first-order chi connectivity index (χ1) is 8.17. The molecule has 4 nitrogen and oxygen atoms in total. The molecule has 1 aromatic rings. The molecule has 4 heteroatoms. The minimum atomic E-state index is -0.416. The van der Waals surface area contributed by atoms with Crippen LogP contribution in [-0.2, 0) is 6.54 Å². The van der Waals surface area contributed by atoms with Crippen LogP contribution in [0.1, 0.15) is 35.7 Å². The van der Waals surface area contributed by atoms with Crippen molar-refractivity contribution >= 4 is 5.91 Å². The van der Waals surface area contributed by atoms with Gasteiger partial charge in [-0.15, -0.1) is 0 Å². The van der Waals surface area contributed by atoms with Gasteiger partial charge in [0.05, 0.1) is 12.5 Å². The maximum Gasteiger partial charge on any atom is 0.248 e. The Bertz CT molecular complexity index is 406. The average molecular weight is 231 g/mol. The lowest BCUT2D eigenvalue weighted by Crippen LogP contribution is -2.27. The summed E-state index contributed by atoms with van der Waals surface area (Å²) in [7, 11) is 0. The van der Waals surface area contributed by atoms with Crippen LogP contribution in [0.15, 0.2) is 24.3 Å². The van der Waals surface area contributed by atoms with Crippen LogP contribution in [0.2, 0.25) is 0 Å².